The topological polar surface area (TPSA) is 60.4 Å². The molecule has 0 fully saturated rings. The van der Waals surface area contributed by atoms with E-state index in [-0.39, 0.29) is 18.6 Å². The molecule has 0 aromatic heterocycles. The molecule has 0 amide bonds. The average molecular weight is 252 g/mol. The third kappa shape index (κ3) is 3.76. The van der Waals surface area contributed by atoms with Gasteiger partial charge in [-0.25, -0.2) is 4.39 Å². The number of ether oxygens (including phenoxy) is 1. The first-order valence-electron chi connectivity index (χ1n) is 5.45. The number of hydrogen-bond acceptors (Lipinski definition) is 4. The van der Waals surface area contributed by atoms with Gasteiger partial charge in [-0.2, -0.15) is 0 Å². The Hall–Kier alpha value is -2.04. The summed E-state index contributed by atoms with van der Waals surface area (Å²) in [5.74, 6) is -2.23. The molecule has 0 aliphatic rings. The van der Waals surface area contributed by atoms with Crippen molar-refractivity contribution in [3.8, 4) is 5.75 Å². The van der Waals surface area contributed by atoms with Crippen molar-refractivity contribution in [2.45, 2.75) is 19.8 Å². The third-order valence-electron chi connectivity index (χ3n) is 2.42. The smallest absolute Gasteiger partial charge is 0.321 e. The largest absolute Gasteiger partial charge is 0.426 e. The molecule has 0 aliphatic carbocycles. The van der Waals surface area contributed by atoms with E-state index in [0.717, 1.165) is 6.07 Å². The minimum absolute atomic E-state index is 0.0814. The molecule has 0 saturated heterocycles. The van der Waals surface area contributed by atoms with E-state index in [4.69, 9.17) is 4.74 Å². The first-order valence-corrected chi connectivity index (χ1v) is 5.45. The van der Waals surface area contributed by atoms with Crippen LogP contribution in [0.2, 0.25) is 0 Å². The second-order valence-electron chi connectivity index (χ2n) is 3.82. The highest BCUT2D eigenvalue weighted by molar-refractivity contribution is 5.89. The number of benzene rings is 1. The number of aldehydes is 2. The van der Waals surface area contributed by atoms with Crippen molar-refractivity contribution < 1.29 is 23.5 Å². The number of carbonyl (C=O) groups excluding carboxylic acids is 3. The third-order valence-corrected chi connectivity index (χ3v) is 2.42. The van der Waals surface area contributed by atoms with Crippen LogP contribution in [0.1, 0.15) is 18.4 Å². The molecular formula is C13H13FO4. The van der Waals surface area contributed by atoms with E-state index in [1.807, 2.05) is 0 Å². The van der Waals surface area contributed by atoms with E-state index in [1.165, 1.54) is 12.1 Å². The zero-order chi connectivity index (χ0) is 13.5. The van der Waals surface area contributed by atoms with Crippen LogP contribution in [0.5, 0.6) is 5.75 Å². The van der Waals surface area contributed by atoms with Crippen LogP contribution in [0.15, 0.2) is 18.2 Å². The first-order chi connectivity index (χ1) is 8.58. The van der Waals surface area contributed by atoms with Crippen LogP contribution in [-0.4, -0.2) is 18.5 Å². The van der Waals surface area contributed by atoms with Gasteiger partial charge in [0.2, 0.25) is 0 Å². The van der Waals surface area contributed by atoms with E-state index < -0.39 is 17.7 Å². The summed E-state index contributed by atoms with van der Waals surface area (Å²) in [6.45, 7) is 1.66. The Morgan fingerprint density at radius 3 is 2.78 bits per heavy atom. The molecule has 0 spiro atoms. The van der Waals surface area contributed by atoms with Gasteiger partial charge in [0, 0.05) is 12.5 Å². The minimum atomic E-state index is -1.00. The van der Waals surface area contributed by atoms with Gasteiger partial charge in [0.1, 0.15) is 30.1 Å². The Morgan fingerprint density at radius 1 is 1.44 bits per heavy atom. The van der Waals surface area contributed by atoms with Gasteiger partial charge in [0.05, 0.1) is 0 Å². The number of hydrogen-bond donors (Lipinski definition) is 0. The van der Waals surface area contributed by atoms with Gasteiger partial charge in [0.15, 0.2) is 0 Å². The van der Waals surface area contributed by atoms with E-state index >= 15 is 0 Å². The fraction of sp³-hybridized carbons (Fsp3) is 0.308. The predicted octanol–water partition coefficient (Wildman–Crippen LogP) is 1.83. The molecule has 18 heavy (non-hydrogen) atoms. The minimum Gasteiger partial charge on any atom is -0.426 e. The molecule has 5 heteroatoms. The number of halogens is 1. The molecule has 0 aliphatic heterocycles. The van der Waals surface area contributed by atoms with Crippen LogP contribution in [0.4, 0.5) is 4.39 Å². The second-order valence-corrected chi connectivity index (χ2v) is 3.82. The molecule has 1 aromatic rings. The number of aryl methyl sites for hydroxylation is 1. The van der Waals surface area contributed by atoms with Crippen molar-refractivity contribution in [2.24, 2.45) is 5.92 Å². The van der Waals surface area contributed by atoms with Crippen LogP contribution >= 0.6 is 0 Å². The summed E-state index contributed by atoms with van der Waals surface area (Å²) in [5.41, 5.74) is 0.588. The predicted molar refractivity (Wildman–Crippen MR) is 61.6 cm³/mol. The Morgan fingerprint density at radius 2 is 2.17 bits per heavy atom. The van der Waals surface area contributed by atoms with Crippen molar-refractivity contribution in [1.29, 1.82) is 0 Å². The second kappa shape index (κ2) is 6.64. The molecule has 96 valence electrons. The zero-order valence-electron chi connectivity index (χ0n) is 9.89. The van der Waals surface area contributed by atoms with Crippen LogP contribution < -0.4 is 4.74 Å². The highest BCUT2D eigenvalue weighted by Crippen LogP contribution is 2.20. The summed E-state index contributed by atoms with van der Waals surface area (Å²) in [6, 6.07) is 3.80. The number of carbonyl (C=O) groups is 3. The highest BCUT2D eigenvalue weighted by atomic mass is 19.1. The molecular weight excluding hydrogens is 239 g/mol. The molecule has 0 bridgehead atoms. The maximum absolute atomic E-state index is 13.0. The summed E-state index contributed by atoms with van der Waals surface area (Å²) in [7, 11) is 0. The SMILES string of the molecule is Cc1ccc(F)cc1OC(=O)C(C=O)CCC=O. The lowest BCUT2D eigenvalue weighted by Gasteiger charge is -2.10. The van der Waals surface area contributed by atoms with E-state index in [2.05, 4.69) is 0 Å². The van der Waals surface area contributed by atoms with E-state index in [9.17, 15) is 18.8 Å². The summed E-state index contributed by atoms with van der Waals surface area (Å²) in [4.78, 5) is 32.5. The number of rotatable bonds is 6. The molecule has 0 heterocycles. The lowest BCUT2D eigenvalue weighted by Crippen LogP contribution is -2.22. The quantitative estimate of drug-likeness (QED) is 0.335. The number of esters is 1. The Balaban J connectivity index is 2.75. The average Bonchev–Trinajstić information content (AvgIpc) is 2.35. The van der Waals surface area contributed by atoms with Gasteiger partial charge in [-0.1, -0.05) is 6.07 Å². The van der Waals surface area contributed by atoms with E-state index in [0.29, 0.717) is 18.1 Å². The van der Waals surface area contributed by atoms with Gasteiger partial charge in [-0.05, 0) is 25.0 Å². The first kappa shape index (κ1) is 14.0. The van der Waals surface area contributed by atoms with Crippen molar-refractivity contribution in [3.05, 3.63) is 29.6 Å². The van der Waals surface area contributed by atoms with Crippen LogP contribution in [0.25, 0.3) is 0 Å². The van der Waals surface area contributed by atoms with Crippen molar-refractivity contribution >= 4 is 18.5 Å². The monoisotopic (exact) mass is 252 g/mol. The summed E-state index contributed by atoms with van der Waals surface area (Å²) >= 11 is 0. The lowest BCUT2D eigenvalue weighted by molar-refractivity contribution is -0.141. The fourth-order valence-electron chi connectivity index (χ4n) is 1.36. The van der Waals surface area contributed by atoms with Crippen LogP contribution in [0.3, 0.4) is 0 Å². The van der Waals surface area contributed by atoms with Crippen molar-refractivity contribution in [2.75, 3.05) is 0 Å². The summed E-state index contributed by atoms with van der Waals surface area (Å²) in [5, 5.41) is 0. The molecule has 0 N–H and O–H groups in total. The summed E-state index contributed by atoms with van der Waals surface area (Å²) < 4.78 is 17.9. The van der Waals surface area contributed by atoms with Gasteiger partial charge in [0.25, 0.3) is 0 Å². The Labute approximate surface area is 104 Å². The highest BCUT2D eigenvalue weighted by Gasteiger charge is 2.20. The Kier molecular flexibility index (Phi) is 5.17. The van der Waals surface area contributed by atoms with Gasteiger partial charge in [-0.3, -0.25) is 4.79 Å². The normalized spacial score (nSPS) is 11.7. The molecule has 0 saturated carbocycles. The molecule has 1 rings (SSSR count). The molecule has 1 aromatic carbocycles. The van der Waals surface area contributed by atoms with Crippen molar-refractivity contribution in [3.63, 3.8) is 0 Å². The van der Waals surface area contributed by atoms with Crippen LogP contribution in [0, 0.1) is 18.7 Å². The molecule has 4 nitrogen and oxygen atoms in total. The summed E-state index contributed by atoms with van der Waals surface area (Å²) in [6.07, 6.45) is 1.25. The molecule has 0 radical (unpaired) electrons. The maximum atomic E-state index is 13.0. The maximum Gasteiger partial charge on any atom is 0.321 e. The fourth-order valence-corrected chi connectivity index (χ4v) is 1.36. The van der Waals surface area contributed by atoms with Gasteiger partial charge in [-0.15, -0.1) is 0 Å². The van der Waals surface area contributed by atoms with Crippen molar-refractivity contribution in [1.82, 2.24) is 0 Å². The van der Waals surface area contributed by atoms with Gasteiger partial charge >= 0.3 is 5.97 Å². The standard InChI is InChI=1S/C13H13FO4/c1-9-4-5-11(14)7-12(9)18-13(17)10(8-16)3-2-6-15/h4-8,10H,2-3H2,1H3. The van der Waals surface area contributed by atoms with Gasteiger partial charge < -0.3 is 14.3 Å². The molecule has 1 unspecified atom stereocenters. The van der Waals surface area contributed by atoms with E-state index in [1.54, 1.807) is 6.92 Å². The Bertz CT molecular complexity index is 456. The van der Waals surface area contributed by atoms with Crippen LogP contribution in [-0.2, 0) is 14.4 Å². The molecule has 1 atom stereocenters. The lowest BCUT2D eigenvalue weighted by atomic mass is 10.1. The zero-order valence-corrected chi connectivity index (χ0v) is 9.89.